The minimum absolute atomic E-state index is 0.0593. The lowest BCUT2D eigenvalue weighted by Crippen LogP contribution is -2.42. The highest BCUT2D eigenvalue weighted by molar-refractivity contribution is 6.00. The predicted molar refractivity (Wildman–Crippen MR) is 143 cm³/mol. The van der Waals surface area contributed by atoms with Crippen molar-refractivity contribution in [1.82, 2.24) is 25.3 Å². The van der Waals surface area contributed by atoms with Crippen LogP contribution in [0.1, 0.15) is 34.1 Å². The fraction of sp³-hybridized carbons (Fsp3) is 0.222. The number of nitrogens with two attached hydrogens (primary N) is 1. The number of Topliss-reactive ketones (excluding diaryl/α,β-unsaturated/α-hetero) is 1. The van der Waals surface area contributed by atoms with Crippen LogP contribution in [0.4, 0.5) is 24.8 Å². The van der Waals surface area contributed by atoms with Crippen molar-refractivity contribution in [3.05, 3.63) is 87.5 Å². The third kappa shape index (κ3) is 6.90. The van der Waals surface area contributed by atoms with Gasteiger partial charge in [0.1, 0.15) is 0 Å². The number of hydrogen-bond acceptors (Lipinski definition) is 8. The van der Waals surface area contributed by atoms with Crippen LogP contribution in [0.2, 0.25) is 0 Å². The van der Waals surface area contributed by atoms with E-state index in [9.17, 15) is 32.3 Å². The van der Waals surface area contributed by atoms with Gasteiger partial charge in [-0.25, -0.2) is 9.97 Å². The van der Waals surface area contributed by atoms with E-state index in [2.05, 4.69) is 25.3 Å². The number of amides is 2. The van der Waals surface area contributed by atoms with Crippen LogP contribution in [0, 0.1) is 6.92 Å². The standard InChI is InChI=1S/C27H24F3N7O4/c1-14-3-5-16(6-4-14)11-20(15(2)38)34-23(39)17-7-9-19(10-8-17)37(25(41)27(28,29)30)13-18-12-32-22-21(33-18)24(40)36-26(31)35-22/h3-10,12,20H,11,13H2,1-2H3,(H,34,39)(H3,31,32,35,36,40)/t20-/m0/s1. The van der Waals surface area contributed by atoms with E-state index in [4.69, 9.17) is 5.73 Å². The average molecular weight is 568 g/mol. The molecular formula is C27H24F3N7O4. The number of H-pyrrole nitrogens is 1. The zero-order valence-corrected chi connectivity index (χ0v) is 21.8. The lowest BCUT2D eigenvalue weighted by atomic mass is 10.0. The molecule has 4 rings (SSSR count). The molecule has 0 saturated carbocycles. The first kappa shape index (κ1) is 28.9. The van der Waals surface area contributed by atoms with Gasteiger partial charge in [-0.1, -0.05) is 29.8 Å². The van der Waals surface area contributed by atoms with Gasteiger partial charge in [-0.05, 0) is 50.1 Å². The fourth-order valence-corrected chi connectivity index (χ4v) is 3.93. The van der Waals surface area contributed by atoms with E-state index in [1.165, 1.54) is 19.1 Å². The van der Waals surface area contributed by atoms with E-state index in [1.54, 1.807) is 0 Å². The first-order chi connectivity index (χ1) is 19.3. The third-order valence-electron chi connectivity index (χ3n) is 6.09. The van der Waals surface area contributed by atoms with Gasteiger partial charge in [-0.2, -0.15) is 18.2 Å². The van der Waals surface area contributed by atoms with Crippen molar-refractivity contribution in [2.24, 2.45) is 0 Å². The van der Waals surface area contributed by atoms with Crippen LogP contribution in [-0.4, -0.2) is 49.8 Å². The van der Waals surface area contributed by atoms with Crippen LogP contribution >= 0.6 is 0 Å². The van der Waals surface area contributed by atoms with Crippen molar-refractivity contribution >= 4 is 40.4 Å². The molecule has 14 heteroatoms. The Kier molecular flexibility index (Phi) is 8.12. The second-order valence-electron chi connectivity index (χ2n) is 9.25. The summed E-state index contributed by atoms with van der Waals surface area (Å²) in [6.07, 6.45) is -3.91. The third-order valence-corrected chi connectivity index (χ3v) is 6.09. The van der Waals surface area contributed by atoms with Gasteiger partial charge in [0, 0.05) is 11.3 Å². The number of nitrogens with one attached hydrogen (secondary N) is 2. The number of nitrogens with zero attached hydrogens (tertiary/aromatic N) is 4. The van der Waals surface area contributed by atoms with Crippen LogP contribution in [0.15, 0.2) is 59.5 Å². The molecule has 0 unspecified atom stereocenters. The Morgan fingerprint density at radius 1 is 1.05 bits per heavy atom. The molecular weight excluding hydrogens is 543 g/mol. The van der Waals surface area contributed by atoms with Crippen molar-refractivity contribution < 1.29 is 27.6 Å². The number of carbonyl (C=O) groups is 3. The van der Waals surface area contributed by atoms with Crippen molar-refractivity contribution in [2.45, 2.75) is 39.0 Å². The van der Waals surface area contributed by atoms with E-state index in [0.29, 0.717) is 4.90 Å². The van der Waals surface area contributed by atoms with Gasteiger partial charge < -0.3 is 11.1 Å². The van der Waals surface area contributed by atoms with Gasteiger partial charge in [0.2, 0.25) is 5.95 Å². The summed E-state index contributed by atoms with van der Waals surface area (Å²) in [6.45, 7) is 2.57. The van der Waals surface area contributed by atoms with Gasteiger partial charge in [-0.15, -0.1) is 0 Å². The van der Waals surface area contributed by atoms with Crippen LogP contribution in [0.25, 0.3) is 11.2 Å². The molecule has 2 aromatic carbocycles. The Labute approximate surface area is 230 Å². The molecule has 0 aliphatic heterocycles. The minimum atomic E-state index is -5.24. The lowest BCUT2D eigenvalue weighted by Gasteiger charge is -2.24. The molecule has 41 heavy (non-hydrogen) atoms. The number of hydrogen-bond donors (Lipinski definition) is 3. The number of ketones is 1. The number of nitrogen functional groups attached to an aromatic ring is 1. The van der Waals surface area contributed by atoms with Crippen LogP contribution in [-0.2, 0) is 22.6 Å². The molecule has 0 spiro atoms. The summed E-state index contributed by atoms with van der Waals surface area (Å²) in [5, 5.41) is 2.64. The molecule has 4 aromatic rings. The summed E-state index contributed by atoms with van der Waals surface area (Å²) in [4.78, 5) is 63.8. The van der Waals surface area contributed by atoms with Gasteiger partial charge >= 0.3 is 12.1 Å². The molecule has 2 aromatic heterocycles. The summed E-state index contributed by atoms with van der Waals surface area (Å²) in [6, 6.07) is 11.4. The van der Waals surface area contributed by atoms with Crippen molar-refractivity contribution in [2.75, 3.05) is 10.6 Å². The number of aromatic nitrogens is 4. The summed E-state index contributed by atoms with van der Waals surface area (Å²) >= 11 is 0. The second-order valence-corrected chi connectivity index (χ2v) is 9.25. The van der Waals surface area contributed by atoms with Crippen molar-refractivity contribution in [3.8, 4) is 0 Å². The molecule has 0 radical (unpaired) electrons. The number of alkyl halides is 3. The van der Waals surface area contributed by atoms with Crippen molar-refractivity contribution in [3.63, 3.8) is 0 Å². The summed E-state index contributed by atoms with van der Waals surface area (Å²) in [5.41, 5.74) is 5.93. The molecule has 0 aliphatic carbocycles. The Balaban J connectivity index is 1.57. The number of rotatable bonds is 8. The predicted octanol–water partition coefficient (Wildman–Crippen LogP) is 2.63. The molecule has 0 saturated heterocycles. The lowest BCUT2D eigenvalue weighted by molar-refractivity contribution is -0.170. The van der Waals surface area contributed by atoms with Crippen LogP contribution in [0.3, 0.4) is 0 Å². The topological polar surface area (TPSA) is 164 Å². The van der Waals surface area contributed by atoms with Gasteiger partial charge in [0.15, 0.2) is 16.9 Å². The Morgan fingerprint density at radius 3 is 2.32 bits per heavy atom. The molecule has 11 nitrogen and oxygen atoms in total. The first-order valence-corrected chi connectivity index (χ1v) is 12.2. The van der Waals surface area contributed by atoms with Crippen LogP contribution < -0.4 is 21.5 Å². The highest BCUT2D eigenvalue weighted by Crippen LogP contribution is 2.26. The van der Waals surface area contributed by atoms with Gasteiger partial charge in [0.25, 0.3) is 11.5 Å². The Morgan fingerprint density at radius 2 is 1.71 bits per heavy atom. The van der Waals surface area contributed by atoms with E-state index in [-0.39, 0.29) is 46.3 Å². The average Bonchev–Trinajstić information content (AvgIpc) is 2.92. The Hall–Kier alpha value is -5.14. The van der Waals surface area contributed by atoms with E-state index < -0.39 is 36.1 Å². The minimum Gasteiger partial charge on any atom is -0.369 e. The highest BCUT2D eigenvalue weighted by Gasteiger charge is 2.43. The SMILES string of the molecule is CC(=O)[C@H](Cc1ccc(C)cc1)NC(=O)c1ccc(N(Cc2cnc3nc(N)[nH]c(=O)c3n2)C(=O)C(F)(F)F)cc1. The molecule has 2 heterocycles. The molecule has 2 amide bonds. The van der Waals surface area contributed by atoms with E-state index in [1.807, 2.05) is 31.2 Å². The molecule has 0 aliphatic rings. The van der Waals surface area contributed by atoms with Crippen molar-refractivity contribution in [1.29, 1.82) is 0 Å². The summed E-state index contributed by atoms with van der Waals surface area (Å²) in [7, 11) is 0. The quantitative estimate of drug-likeness (QED) is 0.292. The second kappa shape index (κ2) is 11.5. The normalized spacial score (nSPS) is 12.1. The molecule has 0 fully saturated rings. The zero-order valence-electron chi connectivity index (χ0n) is 21.8. The number of carbonyl (C=O) groups excluding carboxylic acids is 3. The molecule has 4 N–H and O–H groups in total. The number of aryl methyl sites for hydroxylation is 1. The maximum absolute atomic E-state index is 13.5. The van der Waals surface area contributed by atoms with Gasteiger partial charge in [0.05, 0.1) is 24.5 Å². The van der Waals surface area contributed by atoms with E-state index >= 15 is 0 Å². The number of halogens is 3. The van der Waals surface area contributed by atoms with E-state index in [0.717, 1.165) is 29.5 Å². The largest absolute Gasteiger partial charge is 0.471 e. The monoisotopic (exact) mass is 567 g/mol. The molecule has 212 valence electrons. The number of anilines is 2. The van der Waals surface area contributed by atoms with Crippen LogP contribution in [0.5, 0.6) is 0 Å². The first-order valence-electron chi connectivity index (χ1n) is 12.2. The summed E-state index contributed by atoms with van der Waals surface area (Å²) < 4.78 is 40.4. The Bertz CT molecular complexity index is 1670. The highest BCUT2D eigenvalue weighted by atomic mass is 19.4. The molecule has 1 atom stereocenters. The zero-order chi connectivity index (χ0) is 29.9. The summed E-state index contributed by atoms with van der Waals surface area (Å²) in [5.74, 6) is -3.31. The number of fused-ring (bicyclic) bond motifs is 1. The number of benzene rings is 2. The smallest absolute Gasteiger partial charge is 0.369 e. The maximum atomic E-state index is 13.5. The molecule has 0 bridgehead atoms. The fourth-order valence-electron chi connectivity index (χ4n) is 3.93. The number of aromatic amines is 1. The maximum Gasteiger partial charge on any atom is 0.471 e. The van der Waals surface area contributed by atoms with Gasteiger partial charge in [-0.3, -0.25) is 29.1 Å².